The van der Waals surface area contributed by atoms with Gasteiger partial charge in [-0.15, -0.1) is 0 Å². The Morgan fingerprint density at radius 3 is 2.23 bits per heavy atom. The quantitative estimate of drug-likeness (QED) is 0.694. The van der Waals surface area contributed by atoms with Crippen molar-refractivity contribution in [2.45, 2.75) is 70.5 Å². The first-order valence-electron chi connectivity index (χ1n) is 9.08. The summed E-state index contributed by atoms with van der Waals surface area (Å²) in [5.74, 6) is -1.24. The number of aryl methyl sites for hydroxylation is 1. The summed E-state index contributed by atoms with van der Waals surface area (Å²) in [7, 11) is -0.703. The average Bonchev–Trinajstić information content (AvgIpc) is 2.75. The van der Waals surface area contributed by atoms with Gasteiger partial charge in [0.2, 0.25) is 11.8 Å². The first kappa shape index (κ1) is 20.5. The summed E-state index contributed by atoms with van der Waals surface area (Å²) >= 11 is 0. The van der Waals surface area contributed by atoms with Crippen molar-refractivity contribution in [3.8, 4) is 0 Å². The van der Waals surface area contributed by atoms with Crippen LogP contribution in [-0.4, -0.2) is 36.1 Å². The van der Waals surface area contributed by atoms with E-state index in [1.165, 1.54) is 5.56 Å². The fourth-order valence-electron chi connectivity index (χ4n) is 2.86. The van der Waals surface area contributed by atoms with Gasteiger partial charge in [0.25, 0.3) is 0 Å². The van der Waals surface area contributed by atoms with Crippen LogP contribution in [0.4, 0.5) is 0 Å². The van der Waals surface area contributed by atoms with Crippen molar-refractivity contribution >= 4 is 18.9 Å². The Kier molecular flexibility index (Phi) is 6.47. The van der Waals surface area contributed by atoms with E-state index in [2.05, 4.69) is 5.32 Å². The van der Waals surface area contributed by atoms with Crippen molar-refractivity contribution in [3.63, 3.8) is 0 Å². The van der Waals surface area contributed by atoms with Crippen LogP contribution in [0.1, 0.15) is 52.5 Å². The van der Waals surface area contributed by atoms with E-state index in [1.807, 2.05) is 58.0 Å². The fraction of sp³-hybridized carbons (Fsp3) is 0.579. The molecule has 7 heteroatoms. The lowest BCUT2D eigenvalue weighted by Crippen LogP contribution is -2.50. The van der Waals surface area contributed by atoms with Crippen LogP contribution in [0.2, 0.25) is 0 Å². The highest BCUT2D eigenvalue weighted by molar-refractivity contribution is 6.48. The van der Waals surface area contributed by atoms with Crippen LogP contribution < -0.4 is 11.1 Å². The molecule has 1 saturated heterocycles. The monoisotopic (exact) mass is 360 g/mol. The Morgan fingerprint density at radius 1 is 1.12 bits per heavy atom. The van der Waals surface area contributed by atoms with Crippen molar-refractivity contribution in [1.82, 2.24) is 5.32 Å². The molecule has 2 amide bonds. The van der Waals surface area contributed by atoms with Gasteiger partial charge in [0.1, 0.15) is 0 Å². The predicted molar refractivity (Wildman–Crippen MR) is 101 cm³/mol. The molecule has 142 valence electrons. The molecule has 1 fully saturated rings. The SMILES string of the molecule is CC1(C)OB([C@H](CC(N)=O)NC(=O)CCCc2ccccc2)OC1(C)C. The molecule has 1 aliphatic heterocycles. The second kappa shape index (κ2) is 8.23. The topological polar surface area (TPSA) is 90.6 Å². The van der Waals surface area contributed by atoms with Gasteiger partial charge in [0.05, 0.1) is 17.1 Å². The van der Waals surface area contributed by atoms with Crippen LogP contribution in [-0.2, 0) is 25.3 Å². The van der Waals surface area contributed by atoms with Crippen molar-refractivity contribution in [2.75, 3.05) is 0 Å². The molecule has 26 heavy (non-hydrogen) atoms. The molecule has 1 aliphatic rings. The van der Waals surface area contributed by atoms with Crippen LogP contribution in [0.25, 0.3) is 0 Å². The van der Waals surface area contributed by atoms with Gasteiger partial charge in [-0.25, -0.2) is 0 Å². The molecular weight excluding hydrogens is 331 g/mol. The largest absolute Gasteiger partial charge is 0.482 e. The van der Waals surface area contributed by atoms with Crippen LogP contribution >= 0.6 is 0 Å². The molecule has 6 nitrogen and oxygen atoms in total. The summed E-state index contributed by atoms with van der Waals surface area (Å²) in [6.45, 7) is 7.71. The van der Waals surface area contributed by atoms with Crippen molar-refractivity contribution in [2.24, 2.45) is 5.73 Å². The molecular formula is C19H29BN2O4. The molecule has 0 unspecified atom stereocenters. The van der Waals surface area contributed by atoms with Gasteiger partial charge >= 0.3 is 7.12 Å². The zero-order valence-electron chi connectivity index (χ0n) is 16.1. The van der Waals surface area contributed by atoms with E-state index in [0.29, 0.717) is 6.42 Å². The number of benzene rings is 1. The van der Waals surface area contributed by atoms with Gasteiger partial charge in [-0.3, -0.25) is 9.59 Å². The predicted octanol–water partition coefficient (Wildman–Crippen LogP) is 2.00. The second-order valence-electron chi connectivity index (χ2n) is 7.81. The third-order valence-corrected chi connectivity index (χ3v) is 5.08. The number of rotatable bonds is 8. The molecule has 1 aromatic rings. The van der Waals surface area contributed by atoms with Gasteiger partial charge in [0.15, 0.2) is 0 Å². The van der Waals surface area contributed by atoms with E-state index < -0.39 is 30.2 Å². The summed E-state index contributed by atoms with van der Waals surface area (Å²) in [5.41, 5.74) is 5.47. The second-order valence-corrected chi connectivity index (χ2v) is 7.81. The van der Waals surface area contributed by atoms with Gasteiger partial charge in [-0.1, -0.05) is 30.3 Å². The number of primary amides is 1. The van der Waals surface area contributed by atoms with Gasteiger partial charge in [-0.2, -0.15) is 0 Å². The number of nitrogens with two attached hydrogens (primary N) is 1. The molecule has 0 aromatic heterocycles. The molecule has 0 spiro atoms. The number of nitrogens with one attached hydrogen (secondary N) is 1. The third kappa shape index (κ3) is 5.32. The average molecular weight is 360 g/mol. The van der Waals surface area contributed by atoms with Crippen molar-refractivity contribution in [3.05, 3.63) is 35.9 Å². The molecule has 0 aliphatic carbocycles. The molecule has 2 rings (SSSR count). The number of carbonyl (C=O) groups excluding carboxylic acids is 2. The van der Waals surface area contributed by atoms with Crippen LogP contribution in [0.3, 0.4) is 0 Å². The Morgan fingerprint density at radius 2 is 1.69 bits per heavy atom. The highest BCUT2D eigenvalue weighted by Crippen LogP contribution is 2.37. The smallest absolute Gasteiger partial charge is 0.402 e. The van der Waals surface area contributed by atoms with E-state index in [1.54, 1.807) is 0 Å². The minimum Gasteiger partial charge on any atom is -0.402 e. The van der Waals surface area contributed by atoms with E-state index >= 15 is 0 Å². The molecule has 1 aromatic carbocycles. The first-order chi connectivity index (χ1) is 12.1. The normalized spacial score (nSPS) is 19.2. The fourth-order valence-corrected chi connectivity index (χ4v) is 2.86. The van der Waals surface area contributed by atoms with Gasteiger partial charge < -0.3 is 20.4 Å². The van der Waals surface area contributed by atoms with Gasteiger partial charge in [-0.05, 0) is 46.1 Å². The number of carbonyl (C=O) groups is 2. The number of hydrogen-bond donors (Lipinski definition) is 2. The summed E-state index contributed by atoms with van der Waals surface area (Å²) in [5, 5.41) is 2.86. The molecule has 1 heterocycles. The first-order valence-corrected chi connectivity index (χ1v) is 9.08. The summed E-state index contributed by atoms with van der Waals surface area (Å²) in [4.78, 5) is 23.8. The lowest BCUT2D eigenvalue weighted by molar-refractivity contribution is -0.122. The van der Waals surface area contributed by atoms with Crippen molar-refractivity contribution in [1.29, 1.82) is 0 Å². The Labute approximate surface area is 156 Å². The molecule has 0 radical (unpaired) electrons. The summed E-state index contributed by atoms with van der Waals surface area (Å²) < 4.78 is 11.9. The van der Waals surface area contributed by atoms with E-state index in [-0.39, 0.29) is 12.3 Å². The number of hydrogen-bond acceptors (Lipinski definition) is 4. The van der Waals surface area contributed by atoms with E-state index in [4.69, 9.17) is 15.0 Å². The minimum atomic E-state index is -0.703. The molecule has 0 bridgehead atoms. The standard InChI is InChI=1S/C19H29BN2O4/c1-18(2)19(3,4)26-20(25-18)15(13-16(21)23)22-17(24)12-8-11-14-9-6-5-7-10-14/h5-7,9-10,15H,8,11-13H2,1-4H3,(H2,21,23)(H,22,24)/t15-/m0/s1. The Hall–Kier alpha value is -1.86. The van der Waals surface area contributed by atoms with Crippen LogP contribution in [0.5, 0.6) is 0 Å². The summed E-state index contributed by atoms with van der Waals surface area (Å²) in [6, 6.07) is 10.0. The lowest BCUT2D eigenvalue weighted by atomic mass is 9.76. The van der Waals surface area contributed by atoms with E-state index in [9.17, 15) is 9.59 Å². The third-order valence-electron chi connectivity index (χ3n) is 5.08. The molecule has 1 atom stereocenters. The highest BCUT2D eigenvalue weighted by atomic mass is 16.7. The maximum Gasteiger partial charge on any atom is 0.482 e. The maximum absolute atomic E-state index is 12.3. The molecule has 3 N–H and O–H groups in total. The van der Waals surface area contributed by atoms with Crippen molar-refractivity contribution < 1.29 is 18.9 Å². The van der Waals surface area contributed by atoms with Gasteiger partial charge in [0, 0.05) is 12.8 Å². The minimum absolute atomic E-state index is 0.0265. The zero-order chi connectivity index (χ0) is 19.4. The zero-order valence-corrected chi connectivity index (χ0v) is 16.1. The lowest BCUT2D eigenvalue weighted by Gasteiger charge is -2.32. The maximum atomic E-state index is 12.3. The highest BCUT2D eigenvalue weighted by Gasteiger charge is 2.54. The van der Waals surface area contributed by atoms with Crippen LogP contribution in [0.15, 0.2) is 30.3 Å². The number of amides is 2. The Balaban J connectivity index is 1.91. The summed E-state index contributed by atoms with van der Waals surface area (Å²) in [6.07, 6.45) is 1.89. The molecule has 0 saturated carbocycles. The van der Waals surface area contributed by atoms with E-state index in [0.717, 1.165) is 12.8 Å². The van der Waals surface area contributed by atoms with Crippen LogP contribution in [0, 0.1) is 0 Å². The Bertz CT molecular complexity index is 618.